The molecular formula is C18H23N3OS. The van der Waals surface area contributed by atoms with E-state index in [1.165, 1.54) is 10.4 Å². The standard InChI is InChI=1S/C18H23N3OS/c1-14-7-12-23-17(14)13-20-16-5-3-15(4-6-16)18(22)21-10-2-8-19-9-11-21/h3-7,12,19-20H,2,8-11,13H2,1H3. The SMILES string of the molecule is Cc1ccsc1CNc1ccc(C(=O)N2CCCNCC2)cc1. The molecule has 2 aromatic rings. The Morgan fingerprint density at radius 3 is 2.78 bits per heavy atom. The monoisotopic (exact) mass is 329 g/mol. The zero-order valence-electron chi connectivity index (χ0n) is 13.5. The van der Waals surface area contributed by atoms with Crippen LogP contribution >= 0.6 is 11.3 Å². The van der Waals surface area contributed by atoms with Crippen LogP contribution < -0.4 is 10.6 Å². The number of rotatable bonds is 4. The van der Waals surface area contributed by atoms with Crippen molar-refractivity contribution in [2.24, 2.45) is 0 Å². The third-order valence-electron chi connectivity index (χ3n) is 4.18. The molecule has 1 aliphatic rings. The van der Waals surface area contributed by atoms with E-state index in [2.05, 4.69) is 29.0 Å². The third-order valence-corrected chi connectivity index (χ3v) is 5.20. The van der Waals surface area contributed by atoms with E-state index < -0.39 is 0 Å². The van der Waals surface area contributed by atoms with Crippen molar-refractivity contribution in [2.75, 3.05) is 31.5 Å². The fourth-order valence-electron chi connectivity index (χ4n) is 2.73. The van der Waals surface area contributed by atoms with Gasteiger partial charge in [-0.3, -0.25) is 4.79 Å². The first-order valence-corrected chi connectivity index (χ1v) is 8.99. The highest BCUT2D eigenvalue weighted by molar-refractivity contribution is 7.10. The molecule has 2 N–H and O–H groups in total. The Kier molecular flexibility index (Phi) is 5.31. The minimum absolute atomic E-state index is 0.134. The van der Waals surface area contributed by atoms with Crippen LogP contribution in [0.2, 0.25) is 0 Å². The Labute approximate surface area is 141 Å². The van der Waals surface area contributed by atoms with E-state index in [0.29, 0.717) is 0 Å². The van der Waals surface area contributed by atoms with Gasteiger partial charge in [0.2, 0.25) is 0 Å². The number of nitrogens with one attached hydrogen (secondary N) is 2. The fourth-order valence-corrected chi connectivity index (χ4v) is 3.58. The number of benzene rings is 1. The first-order valence-electron chi connectivity index (χ1n) is 8.11. The van der Waals surface area contributed by atoms with Crippen molar-refractivity contribution in [3.05, 3.63) is 51.7 Å². The molecular weight excluding hydrogens is 306 g/mol. The molecule has 122 valence electrons. The molecule has 3 rings (SSSR count). The van der Waals surface area contributed by atoms with Crippen molar-refractivity contribution < 1.29 is 4.79 Å². The maximum absolute atomic E-state index is 12.5. The van der Waals surface area contributed by atoms with Gasteiger partial charge in [0.1, 0.15) is 0 Å². The second kappa shape index (κ2) is 7.62. The maximum atomic E-state index is 12.5. The van der Waals surface area contributed by atoms with Crippen LogP contribution in [0.3, 0.4) is 0 Å². The van der Waals surface area contributed by atoms with Crippen LogP contribution in [0.15, 0.2) is 35.7 Å². The average molecular weight is 329 g/mol. The van der Waals surface area contributed by atoms with Crippen LogP contribution in [-0.4, -0.2) is 37.0 Å². The molecule has 0 atom stereocenters. The van der Waals surface area contributed by atoms with Gasteiger partial charge in [0, 0.05) is 42.3 Å². The molecule has 0 aliphatic carbocycles. The first-order chi connectivity index (χ1) is 11.2. The Morgan fingerprint density at radius 1 is 1.22 bits per heavy atom. The van der Waals surface area contributed by atoms with E-state index in [1.54, 1.807) is 11.3 Å². The van der Waals surface area contributed by atoms with Gasteiger partial charge in [-0.25, -0.2) is 0 Å². The quantitative estimate of drug-likeness (QED) is 0.906. The van der Waals surface area contributed by atoms with Gasteiger partial charge in [-0.2, -0.15) is 0 Å². The van der Waals surface area contributed by atoms with Gasteiger partial charge in [0.15, 0.2) is 0 Å². The van der Waals surface area contributed by atoms with Gasteiger partial charge < -0.3 is 15.5 Å². The number of hydrogen-bond donors (Lipinski definition) is 2. The van der Waals surface area contributed by atoms with E-state index in [4.69, 9.17) is 0 Å². The predicted molar refractivity (Wildman–Crippen MR) is 96.2 cm³/mol. The van der Waals surface area contributed by atoms with Crippen molar-refractivity contribution >= 4 is 22.9 Å². The van der Waals surface area contributed by atoms with Crippen molar-refractivity contribution in [2.45, 2.75) is 19.9 Å². The summed E-state index contributed by atoms with van der Waals surface area (Å²) in [4.78, 5) is 15.8. The second-order valence-electron chi connectivity index (χ2n) is 5.85. The molecule has 1 aliphatic heterocycles. The zero-order chi connectivity index (χ0) is 16.1. The van der Waals surface area contributed by atoms with Crippen LogP contribution in [0.5, 0.6) is 0 Å². The topological polar surface area (TPSA) is 44.4 Å². The number of amides is 1. The summed E-state index contributed by atoms with van der Waals surface area (Å²) in [5.41, 5.74) is 3.14. The number of nitrogens with zero attached hydrogens (tertiary/aromatic N) is 1. The number of anilines is 1. The van der Waals surface area contributed by atoms with Crippen LogP contribution in [0.4, 0.5) is 5.69 Å². The van der Waals surface area contributed by atoms with Crippen molar-refractivity contribution in [1.29, 1.82) is 0 Å². The summed E-state index contributed by atoms with van der Waals surface area (Å²) < 4.78 is 0. The molecule has 0 unspecified atom stereocenters. The number of hydrogen-bond acceptors (Lipinski definition) is 4. The van der Waals surface area contributed by atoms with Crippen LogP contribution in [0, 0.1) is 6.92 Å². The molecule has 4 nitrogen and oxygen atoms in total. The third kappa shape index (κ3) is 4.12. The van der Waals surface area contributed by atoms with Crippen molar-refractivity contribution in [3.63, 3.8) is 0 Å². The lowest BCUT2D eigenvalue weighted by atomic mass is 10.1. The molecule has 0 radical (unpaired) electrons. The largest absolute Gasteiger partial charge is 0.380 e. The smallest absolute Gasteiger partial charge is 0.253 e. The van der Waals surface area contributed by atoms with E-state index in [-0.39, 0.29) is 5.91 Å². The van der Waals surface area contributed by atoms with Gasteiger partial charge in [0.05, 0.1) is 0 Å². The number of carbonyl (C=O) groups is 1. The molecule has 1 aromatic heterocycles. The number of thiophene rings is 1. The second-order valence-corrected chi connectivity index (χ2v) is 6.85. The Hall–Kier alpha value is -1.85. The van der Waals surface area contributed by atoms with Gasteiger partial charge in [-0.15, -0.1) is 11.3 Å². The summed E-state index contributed by atoms with van der Waals surface area (Å²) in [5, 5.41) is 8.86. The summed E-state index contributed by atoms with van der Waals surface area (Å²) in [6.45, 7) is 6.46. The van der Waals surface area contributed by atoms with E-state index in [0.717, 1.165) is 50.4 Å². The highest BCUT2D eigenvalue weighted by Crippen LogP contribution is 2.18. The lowest BCUT2D eigenvalue weighted by Crippen LogP contribution is -2.34. The molecule has 2 heterocycles. The summed E-state index contributed by atoms with van der Waals surface area (Å²) in [6.07, 6.45) is 1.02. The lowest BCUT2D eigenvalue weighted by molar-refractivity contribution is 0.0766. The Balaban J connectivity index is 1.60. The van der Waals surface area contributed by atoms with Crippen LogP contribution in [-0.2, 0) is 6.54 Å². The maximum Gasteiger partial charge on any atom is 0.253 e. The Bertz CT molecular complexity index is 643. The lowest BCUT2D eigenvalue weighted by Gasteiger charge is -2.20. The molecule has 0 bridgehead atoms. The molecule has 0 saturated carbocycles. The highest BCUT2D eigenvalue weighted by atomic mass is 32.1. The van der Waals surface area contributed by atoms with Crippen molar-refractivity contribution in [1.82, 2.24) is 10.2 Å². The summed E-state index contributed by atoms with van der Waals surface area (Å²) in [6, 6.07) is 9.96. The van der Waals surface area contributed by atoms with Gasteiger partial charge >= 0.3 is 0 Å². The minimum atomic E-state index is 0.134. The first kappa shape index (κ1) is 16.0. The summed E-state index contributed by atoms with van der Waals surface area (Å²) in [5.74, 6) is 0.134. The van der Waals surface area contributed by atoms with Crippen LogP contribution in [0.25, 0.3) is 0 Å². The van der Waals surface area contributed by atoms with Gasteiger partial charge in [0.25, 0.3) is 5.91 Å². The molecule has 1 aromatic carbocycles. The highest BCUT2D eigenvalue weighted by Gasteiger charge is 2.16. The fraction of sp³-hybridized carbons (Fsp3) is 0.389. The molecule has 1 amide bonds. The Morgan fingerprint density at radius 2 is 2.04 bits per heavy atom. The van der Waals surface area contributed by atoms with E-state index >= 15 is 0 Å². The molecule has 5 heteroatoms. The normalized spacial score (nSPS) is 15.3. The van der Waals surface area contributed by atoms with Gasteiger partial charge in [-0.05, 0) is 61.2 Å². The molecule has 0 spiro atoms. The summed E-state index contributed by atoms with van der Waals surface area (Å²) >= 11 is 1.77. The molecule has 1 fully saturated rings. The zero-order valence-corrected chi connectivity index (χ0v) is 14.3. The van der Waals surface area contributed by atoms with E-state index in [1.807, 2.05) is 29.2 Å². The number of carbonyl (C=O) groups excluding carboxylic acids is 1. The van der Waals surface area contributed by atoms with Crippen LogP contribution in [0.1, 0.15) is 27.2 Å². The average Bonchev–Trinajstić information content (AvgIpc) is 2.82. The van der Waals surface area contributed by atoms with Crippen molar-refractivity contribution in [3.8, 4) is 0 Å². The number of aryl methyl sites for hydroxylation is 1. The predicted octanol–water partition coefficient (Wildman–Crippen LogP) is 3.10. The molecule has 23 heavy (non-hydrogen) atoms. The molecule has 1 saturated heterocycles. The van der Waals surface area contributed by atoms with Gasteiger partial charge in [-0.1, -0.05) is 0 Å². The minimum Gasteiger partial charge on any atom is -0.380 e. The summed E-state index contributed by atoms with van der Waals surface area (Å²) in [7, 11) is 0. The van der Waals surface area contributed by atoms with E-state index in [9.17, 15) is 4.79 Å².